The molecule has 0 aliphatic carbocycles. The van der Waals surface area contributed by atoms with Crippen LogP contribution in [0.4, 0.5) is 0 Å². The van der Waals surface area contributed by atoms with E-state index in [1.54, 1.807) is 24.6 Å². The molecule has 1 aromatic rings. The summed E-state index contributed by atoms with van der Waals surface area (Å²) < 4.78 is 49.0. The van der Waals surface area contributed by atoms with Crippen molar-refractivity contribution in [2.75, 3.05) is 32.1 Å². The predicted octanol–water partition coefficient (Wildman–Crippen LogP) is 0.0146. The summed E-state index contributed by atoms with van der Waals surface area (Å²) in [5.41, 5.74) is 0. The Hall–Kier alpha value is -1.17. The van der Waals surface area contributed by atoms with Gasteiger partial charge in [-0.25, -0.2) is 21.6 Å². The van der Waals surface area contributed by atoms with Crippen LogP contribution in [-0.4, -0.2) is 61.0 Å². The molecule has 0 amide bonds. The molecule has 3 N–H and O–H groups in total. The maximum atomic E-state index is 11.9. The number of hydrogen-bond acceptors (Lipinski definition) is 6. The van der Waals surface area contributed by atoms with E-state index in [4.69, 9.17) is 0 Å². The van der Waals surface area contributed by atoms with Crippen molar-refractivity contribution in [2.45, 2.75) is 23.6 Å². The minimum Gasteiger partial charge on any atom is -0.355 e. The lowest BCUT2D eigenvalue weighted by Gasteiger charge is -2.17. The first kappa shape index (κ1) is 20.9. The van der Waals surface area contributed by atoms with Crippen LogP contribution >= 0.6 is 11.3 Å². The van der Waals surface area contributed by atoms with Crippen LogP contribution in [0.2, 0.25) is 0 Å². The number of hydrogen-bond donors (Lipinski definition) is 3. The zero-order valence-corrected chi connectivity index (χ0v) is 16.4. The summed E-state index contributed by atoms with van der Waals surface area (Å²) in [6.45, 7) is 2.42. The smallest absolute Gasteiger partial charge is 0.250 e. The first-order chi connectivity index (χ1) is 11.1. The van der Waals surface area contributed by atoms with E-state index in [-0.39, 0.29) is 22.5 Å². The third-order valence-corrected chi connectivity index (χ3v) is 6.83. The fourth-order valence-corrected chi connectivity index (χ4v) is 4.60. The molecule has 24 heavy (non-hydrogen) atoms. The first-order valence-electron chi connectivity index (χ1n) is 7.32. The van der Waals surface area contributed by atoms with Crippen molar-refractivity contribution in [3.05, 3.63) is 17.5 Å². The Morgan fingerprint density at radius 1 is 1.29 bits per heavy atom. The highest BCUT2D eigenvalue weighted by Gasteiger charge is 2.14. The van der Waals surface area contributed by atoms with Gasteiger partial charge in [-0.3, -0.25) is 4.99 Å². The van der Waals surface area contributed by atoms with Gasteiger partial charge in [-0.15, -0.1) is 11.3 Å². The van der Waals surface area contributed by atoms with Gasteiger partial charge in [-0.05, 0) is 24.8 Å². The molecule has 0 fully saturated rings. The molecule has 0 aliphatic heterocycles. The van der Waals surface area contributed by atoms with Crippen molar-refractivity contribution in [2.24, 2.45) is 4.99 Å². The number of aliphatic imine (C=N–C) groups is 1. The van der Waals surface area contributed by atoms with Gasteiger partial charge >= 0.3 is 0 Å². The van der Waals surface area contributed by atoms with Gasteiger partial charge in [0.15, 0.2) is 5.96 Å². The number of sulfonamides is 1. The SMILES string of the molecule is CN=C(NCCNS(=O)(=O)c1cccs1)NC(C)CCS(C)(=O)=O. The molecule has 1 rings (SSSR count). The van der Waals surface area contributed by atoms with Gasteiger partial charge in [0.25, 0.3) is 0 Å². The summed E-state index contributed by atoms with van der Waals surface area (Å²) in [5, 5.41) is 7.75. The molecule has 1 aromatic heterocycles. The minimum atomic E-state index is -3.47. The van der Waals surface area contributed by atoms with Crippen LogP contribution in [0.25, 0.3) is 0 Å². The van der Waals surface area contributed by atoms with Gasteiger partial charge in [0.05, 0.1) is 5.75 Å². The van der Waals surface area contributed by atoms with Crippen molar-refractivity contribution in [1.82, 2.24) is 15.4 Å². The van der Waals surface area contributed by atoms with Crippen molar-refractivity contribution < 1.29 is 16.8 Å². The standard InChI is InChI=1S/C13H24N4O4S3/c1-11(6-10-23(3,18)19)17-13(14-2)15-7-8-16-24(20,21)12-5-4-9-22-12/h4-5,9,11,16H,6-8,10H2,1-3H3,(H2,14,15,17). The van der Waals surface area contributed by atoms with E-state index in [1.165, 1.54) is 6.26 Å². The molecule has 0 spiro atoms. The topological polar surface area (TPSA) is 117 Å². The van der Waals surface area contributed by atoms with Gasteiger partial charge in [0.1, 0.15) is 14.0 Å². The van der Waals surface area contributed by atoms with E-state index in [9.17, 15) is 16.8 Å². The quantitative estimate of drug-likeness (QED) is 0.308. The number of guanidine groups is 1. The summed E-state index contributed by atoms with van der Waals surface area (Å²) in [7, 11) is -4.87. The average Bonchev–Trinajstić information content (AvgIpc) is 3.02. The molecule has 138 valence electrons. The molecular formula is C13H24N4O4S3. The largest absolute Gasteiger partial charge is 0.355 e. The number of sulfone groups is 1. The fourth-order valence-electron chi connectivity index (χ4n) is 1.74. The summed E-state index contributed by atoms with van der Waals surface area (Å²) >= 11 is 1.16. The van der Waals surface area contributed by atoms with Crippen LogP contribution in [0.5, 0.6) is 0 Å². The van der Waals surface area contributed by atoms with Crippen LogP contribution in [-0.2, 0) is 19.9 Å². The van der Waals surface area contributed by atoms with Gasteiger partial charge in [-0.1, -0.05) is 6.07 Å². The minimum absolute atomic E-state index is 0.0752. The molecule has 0 aliphatic rings. The van der Waals surface area contributed by atoms with Crippen molar-refractivity contribution >= 4 is 37.2 Å². The second-order valence-electron chi connectivity index (χ2n) is 5.29. The number of nitrogens with zero attached hydrogens (tertiary/aromatic N) is 1. The normalized spacial score (nSPS) is 14.4. The third kappa shape index (κ3) is 8.08. The fraction of sp³-hybridized carbons (Fsp3) is 0.615. The summed E-state index contributed by atoms with van der Waals surface area (Å²) in [6, 6.07) is 3.15. The molecular weight excluding hydrogens is 372 g/mol. The zero-order valence-electron chi connectivity index (χ0n) is 13.9. The Bertz CT molecular complexity index is 727. The van der Waals surface area contributed by atoms with Gasteiger partial charge < -0.3 is 10.6 Å². The van der Waals surface area contributed by atoms with Crippen LogP contribution in [0.15, 0.2) is 26.7 Å². The molecule has 0 saturated carbocycles. The van der Waals surface area contributed by atoms with Crippen molar-refractivity contribution in [3.8, 4) is 0 Å². The second-order valence-corrected chi connectivity index (χ2v) is 10.5. The van der Waals surface area contributed by atoms with Gasteiger partial charge in [-0.2, -0.15) is 0 Å². The first-order valence-corrected chi connectivity index (χ1v) is 11.7. The zero-order chi connectivity index (χ0) is 18.2. The van der Waals surface area contributed by atoms with Crippen LogP contribution < -0.4 is 15.4 Å². The summed E-state index contributed by atoms with van der Waals surface area (Å²) in [5.74, 6) is 0.588. The predicted molar refractivity (Wildman–Crippen MR) is 97.8 cm³/mol. The monoisotopic (exact) mass is 396 g/mol. The average molecular weight is 397 g/mol. The molecule has 11 heteroatoms. The van der Waals surface area contributed by atoms with E-state index in [0.717, 1.165) is 11.3 Å². The maximum Gasteiger partial charge on any atom is 0.250 e. The van der Waals surface area contributed by atoms with Crippen molar-refractivity contribution in [1.29, 1.82) is 0 Å². The Balaban J connectivity index is 2.34. The van der Waals surface area contributed by atoms with Crippen LogP contribution in [0.3, 0.4) is 0 Å². The molecule has 8 nitrogen and oxygen atoms in total. The Morgan fingerprint density at radius 2 is 2.00 bits per heavy atom. The number of nitrogens with one attached hydrogen (secondary N) is 3. The highest BCUT2D eigenvalue weighted by molar-refractivity contribution is 7.91. The second kappa shape index (κ2) is 9.35. The van der Waals surface area contributed by atoms with Crippen LogP contribution in [0, 0.1) is 0 Å². The Morgan fingerprint density at radius 3 is 2.54 bits per heavy atom. The lowest BCUT2D eigenvalue weighted by molar-refractivity contribution is 0.578. The van der Waals surface area contributed by atoms with Crippen molar-refractivity contribution in [3.63, 3.8) is 0 Å². The highest BCUT2D eigenvalue weighted by Crippen LogP contribution is 2.14. The lowest BCUT2D eigenvalue weighted by Crippen LogP contribution is -2.45. The van der Waals surface area contributed by atoms with E-state index in [1.807, 2.05) is 6.92 Å². The highest BCUT2D eigenvalue weighted by atomic mass is 32.2. The molecule has 1 heterocycles. The molecule has 0 radical (unpaired) electrons. The van der Waals surface area contributed by atoms with Gasteiger partial charge in [0, 0.05) is 32.4 Å². The Kier molecular flexibility index (Phi) is 8.13. The van der Waals surface area contributed by atoms with Crippen LogP contribution in [0.1, 0.15) is 13.3 Å². The van der Waals surface area contributed by atoms with E-state index >= 15 is 0 Å². The van der Waals surface area contributed by atoms with E-state index in [2.05, 4.69) is 20.3 Å². The summed E-state index contributed by atoms with van der Waals surface area (Å²) in [6.07, 6.45) is 1.66. The number of thiophene rings is 1. The van der Waals surface area contributed by atoms with E-state index in [0.29, 0.717) is 18.9 Å². The van der Waals surface area contributed by atoms with Gasteiger partial charge in [0.2, 0.25) is 10.0 Å². The molecule has 1 unspecified atom stereocenters. The number of rotatable bonds is 9. The molecule has 1 atom stereocenters. The maximum absolute atomic E-state index is 11.9. The van der Waals surface area contributed by atoms with E-state index < -0.39 is 19.9 Å². The molecule has 0 saturated heterocycles. The lowest BCUT2D eigenvalue weighted by atomic mass is 10.3. The molecule has 0 aromatic carbocycles. The molecule has 0 bridgehead atoms. The Labute approximate surface area is 147 Å². The third-order valence-electron chi connectivity index (χ3n) is 3.00. The summed E-state index contributed by atoms with van der Waals surface area (Å²) in [4.78, 5) is 4.03.